The molecule has 0 aliphatic heterocycles. The van der Waals surface area contributed by atoms with Crippen LogP contribution in [0, 0.1) is 0 Å². The van der Waals surface area contributed by atoms with Crippen LogP contribution in [0.1, 0.15) is 18.0 Å². The molecule has 0 aromatic heterocycles. The number of phenolic OH excluding ortho intramolecular Hbond substituents is 1. The number of rotatable bonds is 3. The fourth-order valence-electron chi connectivity index (χ4n) is 1.13. The van der Waals surface area contributed by atoms with Crippen molar-refractivity contribution in [3.05, 3.63) is 28.2 Å². The summed E-state index contributed by atoms with van der Waals surface area (Å²) in [5, 5.41) is 9.27. The van der Waals surface area contributed by atoms with Gasteiger partial charge in [-0.1, -0.05) is 6.07 Å². The molecule has 3 N–H and O–H groups in total. The molecule has 0 radical (unpaired) electrons. The smallest absolute Gasteiger partial charge is 0.307 e. The molecule has 0 bridgehead atoms. The minimum Gasteiger partial charge on any atom is -0.507 e. The normalized spacial score (nSPS) is 11.4. The van der Waals surface area contributed by atoms with Crippen molar-refractivity contribution >= 4 is 34.3 Å². The highest BCUT2D eigenvalue weighted by molar-refractivity contribution is 9.10. The van der Waals surface area contributed by atoms with Crippen LogP contribution in [0.4, 0.5) is 0 Å². The lowest BCUT2D eigenvalue weighted by Crippen LogP contribution is -2.16. The van der Waals surface area contributed by atoms with Gasteiger partial charge in [-0.05, 0) is 33.6 Å². The second-order valence-corrected chi connectivity index (χ2v) is 3.95. The van der Waals surface area contributed by atoms with Gasteiger partial charge in [0.15, 0.2) is 0 Å². The van der Waals surface area contributed by atoms with Crippen LogP contribution < -0.4 is 5.73 Å². The summed E-state index contributed by atoms with van der Waals surface area (Å²) in [5.74, 6) is -0.212. The van der Waals surface area contributed by atoms with E-state index in [1.165, 1.54) is 13.2 Å². The van der Waals surface area contributed by atoms with Crippen molar-refractivity contribution in [3.8, 4) is 5.75 Å². The number of benzene rings is 1. The molecule has 0 saturated heterocycles. The van der Waals surface area contributed by atoms with Gasteiger partial charge in [-0.15, -0.1) is 12.4 Å². The van der Waals surface area contributed by atoms with Crippen LogP contribution in [0.15, 0.2) is 22.7 Å². The number of phenols is 1. The van der Waals surface area contributed by atoms with Crippen LogP contribution in [0.25, 0.3) is 0 Å². The van der Waals surface area contributed by atoms with Gasteiger partial charge in [0.25, 0.3) is 0 Å². The van der Waals surface area contributed by atoms with Crippen molar-refractivity contribution in [2.24, 2.45) is 5.73 Å². The Balaban J connectivity index is 0.00000225. The molecule has 90 valence electrons. The molecule has 1 aromatic rings. The third kappa shape index (κ3) is 4.00. The summed E-state index contributed by atoms with van der Waals surface area (Å²) in [6.45, 7) is 0. The lowest BCUT2D eigenvalue weighted by Gasteiger charge is -2.11. The van der Waals surface area contributed by atoms with Gasteiger partial charge in [0.2, 0.25) is 0 Å². The van der Waals surface area contributed by atoms with E-state index in [9.17, 15) is 9.90 Å². The van der Waals surface area contributed by atoms with E-state index in [2.05, 4.69) is 20.7 Å². The molecular weight excluding hydrogens is 297 g/mol. The Morgan fingerprint density at radius 3 is 2.75 bits per heavy atom. The third-order valence-corrected chi connectivity index (χ3v) is 2.65. The maximum absolute atomic E-state index is 11.0. The molecule has 0 aliphatic carbocycles. The van der Waals surface area contributed by atoms with Crippen molar-refractivity contribution in [1.82, 2.24) is 0 Å². The lowest BCUT2D eigenvalue weighted by molar-refractivity contribution is -0.141. The Kier molecular flexibility index (Phi) is 6.40. The molecule has 6 heteroatoms. The maximum atomic E-state index is 11.0. The number of methoxy groups -OCH3 is 1. The van der Waals surface area contributed by atoms with Gasteiger partial charge in [0.1, 0.15) is 5.75 Å². The van der Waals surface area contributed by atoms with E-state index in [1.54, 1.807) is 12.1 Å². The Hall–Kier alpha value is -0.780. The SMILES string of the molecule is COC(=O)C[C@@H](N)c1ccc(O)c(Br)c1.Cl. The Morgan fingerprint density at radius 1 is 1.62 bits per heavy atom. The molecule has 1 aromatic carbocycles. The predicted molar refractivity (Wildman–Crippen MR) is 66.6 cm³/mol. The molecule has 16 heavy (non-hydrogen) atoms. The topological polar surface area (TPSA) is 72.5 Å². The van der Waals surface area contributed by atoms with E-state index < -0.39 is 6.04 Å². The molecule has 0 heterocycles. The second kappa shape index (κ2) is 6.73. The molecule has 4 nitrogen and oxygen atoms in total. The largest absolute Gasteiger partial charge is 0.507 e. The molecule has 0 amide bonds. The van der Waals surface area contributed by atoms with Gasteiger partial charge in [-0.2, -0.15) is 0 Å². The molecule has 0 spiro atoms. The van der Waals surface area contributed by atoms with E-state index in [0.29, 0.717) is 4.47 Å². The summed E-state index contributed by atoms with van der Waals surface area (Å²) < 4.78 is 5.07. The highest BCUT2D eigenvalue weighted by atomic mass is 79.9. The number of halogens is 2. The predicted octanol–water partition coefficient (Wildman–Crippen LogP) is 2.14. The molecule has 1 rings (SSSR count). The van der Waals surface area contributed by atoms with Gasteiger partial charge in [-0.3, -0.25) is 4.79 Å². The van der Waals surface area contributed by atoms with E-state index in [1.807, 2.05) is 0 Å². The summed E-state index contributed by atoms with van der Waals surface area (Å²) in [5.41, 5.74) is 6.56. The first kappa shape index (κ1) is 15.2. The summed E-state index contributed by atoms with van der Waals surface area (Å²) in [6.07, 6.45) is 0.119. The highest BCUT2D eigenvalue weighted by Crippen LogP contribution is 2.27. The monoisotopic (exact) mass is 309 g/mol. The molecular formula is C10H13BrClNO3. The number of ether oxygens (including phenoxy) is 1. The first-order chi connectivity index (χ1) is 7.04. The van der Waals surface area contributed by atoms with E-state index in [0.717, 1.165) is 5.56 Å². The first-order valence-corrected chi connectivity index (χ1v) is 5.14. The van der Waals surface area contributed by atoms with Gasteiger partial charge in [0, 0.05) is 6.04 Å². The molecule has 1 atom stereocenters. The zero-order chi connectivity index (χ0) is 11.4. The number of carbonyl (C=O) groups excluding carboxylic acids is 1. The van der Waals surface area contributed by atoms with Crippen molar-refractivity contribution in [3.63, 3.8) is 0 Å². The second-order valence-electron chi connectivity index (χ2n) is 3.10. The first-order valence-electron chi connectivity index (χ1n) is 4.35. The summed E-state index contributed by atoms with van der Waals surface area (Å²) in [7, 11) is 1.32. The Morgan fingerprint density at radius 2 is 2.25 bits per heavy atom. The average molecular weight is 311 g/mol. The average Bonchev–Trinajstić information content (AvgIpc) is 2.21. The van der Waals surface area contributed by atoms with Crippen LogP contribution in [-0.2, 0) is 9.53 Å². The van der Waals surface area contributed by atoms with Crippen LogP contribution in [0.5, 0.6) is 5.75 Å². The number of hydrogen-bond donors (Lipinski definition) is 2. The highest BCUT2D eigenvalue weighted by Gasteiger charge is 2.12. The molecule has 0 fully saturated rings. The lowest BCUT2D eigenvalue weighted by atomic mass is 10.0. The Labute approximate surface area is 108 Å². The number of hydrogen-bond acceptors (Lipinski definition) is 4. The Bertz CT molecular complexity index is 373. The number of nitrogens with two attached hydrogens (primary N) is 1. The quantitative estimate of drug-likeness (QED) is 0.839. The summed E-state index contributed by atoms with van der Waals surface area (Å²) >= 11 is 3.18. The minimum absolute atomic E-state index is 0. The fraction of sp³-hybridized carbons (Fsp3) is 0.300. The summed E-state index contributed by atoms with van der Waals surface area (Å²) in [4.78, 5) is 11.0. The number of aromatic hydroxyl groups is 1. The maximum Gasteiger partial charge on any atom is 0.307 e. The zero-order valence-electron chi connectivity index (χ0n) is 8.64. The van der Waals surface area contributed by atoms with Gasteiger partial charge < -0.3 is 15.6 Å². The van der Waals surface area contributed by atoms with Gasteiger partial charge in [0.05, 0.1) is 18.0 Å². The molecule has 0 saturated carbocycles. The van der Waals surface area contributed by atoms with Crippen LogP contribution in [-0.4, -0.2) is 18.2 Å². The fourth-order valence-corrected chi connectivity index (χ4v) is 1.53. The van der Waals surface area contributed by atoms with Crippen molar-refractivity contribution in [1.29, 1.82) is 0 Å². The van der Waals surface area contributed by atoms with E-state index >= 15 is 0 Å². The standard InChI is InChI=1S/C10H12BrNO3.ClH/c1-15-10(14)5-8(12)6-2-3-9(13)7(11)4-6;/h2-4,8,13H,5,12H2,1H3;1H/t8-;/m1./s1. The van der Waals surface area contributed by atoms with Crippen LogP contribution >= 0.6 is 28.3 Å². The van der Waals surface area contributed by atoms with Gasteiger partial charge >= 0.3 is 5.97 Å². The number of esters is 1. The van der Waals surface area contributed by atoms with Crippen LogP contribution in [0.3, 0.4) is 0 Å². The number of carbonyl (C=O) groups is 1. The van der Waals surface area contributed by atoms with E-state index in [-0.39, 0.29) is 30.5 Å². The summed E-state index contributed by atoms with van der Waals surface area (Å²) in [6, 6.07) is 4.46. The van der Waals surface area contributed by atoms with Crippen molar-refractivity contribution < 1.29 is 14.6 Å². The van der Waals surface area contributed by atoms with Crippen molar-refractivity contribution in [2.75, 3.05) is 7.11 Å². The van der Waals surface area contributed by atoms with E-state index in [4.69, 9.17) is 5.73 Å². The van der Waals surface area contributed by atoms with Gasteiger partial charge in [-0.25, -0.2) is 0 Å². The minimum atomic E-state index is -0.422. The van der Waals surface area contributed by atoms with Crippen LogP contribution in [0.2, 0.25) is 0 Å². The molecule has 0 aliphatic rings. The zero-order valence-corrected chi connectivity index (χ0v) is 11.0. The molecule has 0 unspecified atom stereocenters. The van der Waals surface area contributed by atoms with Crippen molar-refractivity contribution in [2.45, 2.75) is 12.5 Å². The third-order valence-electron chi connectivity index (χ3n) is 2.01.